The van der Waals surface area contributed by atoms with Crippen molar-refractivity contribution in [2.75, 3.05) is 13.1 Å². The highest BCUT2D eigenvalue weighted by molar-refractivity contribution is 5.86. The summed E-state index contributed by atoms with van der Waals surface area (Å²) >= 11 is 0. The third-order valence-electron chi connectivity index (χ3n) is 2.09. The van der Waals surface area contributed by atoms with Gasteiger partial charge in [-0.15, -0.1) is 12.3 Å². The summed E-state index contributed by atoms with van der Waals surface area (Å²) in [4.78, 5) is 23.9. The molecule has 0 aliphatic carbocycles. The predicted octanol–water partition coefficient (Wildman–Crippen LogP) is -0.549. The SMILES string of the molecule is C#CCC(N)C(=O)N(CCCC)CC(N)=O. The number of nitrogens with two attached hydrogens (primary N) is 2. The van der Waals surface area contributed by atoms with Crippen LogP contribution in [0.25, 0.3) is 0 Å². The fraction of sp³-hybridized carbons (Fsp3) is 0.636. The quantitative estimate of drug-likeness (QED) is 0.570. The molecule has 5 heteroatoms. The molecule has 90 valence electrons. The summed E-state index contributed by atoms with van der Waals surface area (Å²) in [7, 11) is 0. The van der Waals surface area contributed by atoms with Crippen LogP contribution in [0.1, 0.15) is 26.2 Å². The minimum Gasteiger partial charge on any atom is -0.368 e. The first kappa shape index (κ1) is 14.5. The van der Waals surface area contributed by atoms with Crippen molar-refractivity contribution in [2.45, 2.75) is 32.2 Å². The monoisotopic (exact) mass is 225 g/mol. The van der Waals surface area contributed by atoms with Crippen molar-refractivity contribution in [3.8, 4) is 12.3 Å². The summed E-state index contributed by atoms with van der Waals surface area (Å²) in [5.74, 6) is 1.47. The van der Waals surface area contributed by atoms with Gasteiger partial charge in [0.1, 0.15) is 0 Å². The Morgan fingerprint density at radius 1 is 1.50 bits per heavy atom. The van der Waals surface area contributed by atoms with E-state index < -0.39 is 11.9 Å². The lowest BCUT2D eigenvalue weighted by atomic mass is 10.2. The van der Waals surface area contributed by atoms with Crippen LogP contribution in [0.2, 0.25) is 0 Å². The van der Waals surface area contributed by atoms with Crippen LogP contribution in [-0.4, -0.2) is 35.8 Å². The van der Waals surface area contributed by atoms with Crippen LogP contribution < -0.4 is 11.5 Å². The zero-order valence-corrected chi connectivity index (χ0v) is 9.61. The molecule has 0 heterocycles. The van der Waals surface area contributed by atoms with Gasteiger partial charge in [-0.1, -0.05) is 13.3 Å². The van der Waals surface area contributed by atoms with E-state index in [0.717, 1.165) is 12.8 Å². The fourth-order valence-corrected chi connectivity index (χ4v) is 1.25. The number of terminal acetylenes is 1. The van der Waals surface area contributed by atoms with Gasteiger partial charge in [-0.3, -0.25) is 9.59 Å². The molecule has 0 aromatic carbocycles. The van der Waals surface area contributed by atoms with E-state index in [1.807, 2.05) is 6.92 Å². The van der Waals surface area contributed by atoms with Gasteiger partial charge in [0.25, 0.3) is 0 Å². The molecule has 4 N–H and O–H groups in total. The van der Waals surface area contributed by atoms with Crippen molar-refractivity contribution in [3.63, 3.8) is 0 Å². The Balaban J connectivity index is 4.42. The van der Waals surface area contributed by atoms with E-state index in [1.54, 1.807) is 0 Å². The second-order valence-corrected chi connectivity index (χ2v) is 3.59. The van der Waals surface area contributed by atoms with E-state index in [-0.39, 0.29) is 18.9 Å². The first-order valence-electron chi connectivity index (χ1n) is 5.29. The molecule has 5 nitrogen and oxygen atoms in total. The maximum atomic E-state index is 11.8. The third kappa shape index (κ3) is 5.37. The van der Waals surface area contributed by atoms with Crippen molar-refractivity contribution in [3.05, 3.63) is 0 Å². The number of carbonyl (C=O) groups is 2. The minimum atomic E-state index is -0.749. The lowest BCUT2D eigenvalue weighted by Gasteiger charge is -2.23. The predicted molar refractivity (Wildman–Crippen MR) is 62.1 cm³/mol. The second-order valence-electron chi connectivity index (χ2n) is 3.59. The van der Waals surface area contributed by atoms with E-state index >= 15 is 0 Å². The number of nitrogens with zero attached hydrogens (tertiary/aromatic N) is 1. The average Bonchev–Trinajstić information content (AvgIpc) is 2.23. The molecule has 0 aromatic heterocycles. The highest BCUT2D eigenvalue weighted by atomic mass is 16.2. The Bertz CT molecular complexity index is 283. The fourth-order valence-electron chi connectivity index (χ4n) is 1.25. The van der Waals surface area contributed by atoms with Crippen molar-refractivity contribution >= 4 is 11.8 Å². The van der Waals surface area contributed by atoms with Crippen molar-refractivity contribution in [1.29, 1.82) is 0 Å². The number of rotatable bonds is 7. The lowest BCUT2D eigenvalue weighted by Crippen LogP contribution is -2.47. The van der Waals surface area contributed by atoms with Crippen LogP contribution in [0.3, 0.4) is 0 Å². The molecule has 1 atom stereocenters. The minimum absolute atomic E-state index is 0.100. The van der Waals surface area contributed by atoms with Crippen LogP contribution in [0.5, 0.6) is 0 Å². The van der Waals surface area contributed by atoms with Crippen LogP contribution in [-0.2, 0) is 9.59 Å². The smallest absolute Gasteiger partial charge is 0.240 e. The van der Waals surface area contributed by atoms with E-state index in [2.05, 4.69) is 5.92 Å². The molecule has 0 fully saturated rings. The Morgan fingerprint density at radius 2 is 2.12 bits per heavy atom. The topological polar surface area (TPSA) is 89.4 Å². The molecule has 2 amide bonds. The van der Waals surface area contributed by atoms with Crippen molar-refractivity contribution in [2.24, 2.45) is 11.5 Å². The largest absolute Gasteiger partial charge is 0.368 e. The van der Waals surface area contributed by atoms with Crippen LogP contribution in [0.4, 0.5) is 0 Å². The number of unbranched alkanes of at least 4 members (excludes halogenated alkanes) is 1. The van der Waals surface area contributed by atoms with Crippen LogP contribution in [0.15, 0.2) is 0 Å². The van der Waals surface area contributed by atoms with Gasteiger partial charge in [-0.25, -0.2) is 0 Å². The zero-order valence-electron chi connectivity index (χ0n) is 9.61. The molecule has 0 aromatic rings. The molecule has 1 unspecified atom stereocenters. The first-order chi connectivity index (χ1) is 7.52. The summed E-state index contributed by atoms with van der Waals surface area (Å²) in [5.41, 5.74) is 10.7. The molecule has 16 heavy (non-hydrogen) atoms. The lowest BCUT2D eigenvalue weighted by molar-refractivity contribution is -0.136. The molecule has 0 radical (unpaired) electrons. The Kier molecular flexibility index (Phi) is 6.97. The number of amides is 2. The molecule has 0 aliphatic rings. The van der Waals surface area contributed by atoms with E-state index in [4.69, 9.17) is 17.9 Å². The summed E-state index contributed by atoms with van der Waals surface area (Å²) in [6, 6.07) is -0.749. The molecule has 0 bridgehead atoms. The van der Waals surface area contributed by atoms with E-state index in [1.165, 1.54) is 4.90 Å². The highest BCUT2D eigenvalue weighted by Gasteiger charge is 2.20. The van der Waals surface area contributed by atoms with Gasteiger partial charge >= 0.3 is 0 Å². The number of carbonyl (C=O) groups excluding carboxylic acids is 2. The van der Waals surface area contributed by atoms with Gasteiger partial charge in [0.2, 0.25) is 11.8 Å². The van der Waals surface area contributed by atoms with Crippen molar-refractivity contribution in [1.82, 2.24) is 4.90 Å². The van der Waals surface area contributed by atoms with Crippen LogP contribution in [0, 0.1) is 12.3 Å². The van der Waals surface area contributed by atoms with Gasteiger partial charge in [0, 0.05) is 13.0 Å². The van der Waals surface area contributed by atoms with Gasteiger partial charge in [-0.05, 0) is 6.42 Å². The first-order valence-corrected chi connectivity index (χ1v) is 5.29. The van der Waals surface area contributed by atoms with E-state index in [9.17, 15) is 9.59 Å². The number of hydrogen-bond acceptors (Lipinski definition) is 3. The number of hydrogen-bond donors (Lipinski definition) is 2. The average molecular weight is 225 g/mol. The summed E-state index contributed by atoms with van der Waals surface area (Å²) < 4.78 is 0. The summed E-state index contributed by atoms with van der Waals surface area (Å²) in [6.07, 6.45) is 6.97. The van der Waals surface area contributed by atoms with Gasteiger partial charge in [0.05, 0.1) is 12.6 Å². The Morgan fingerprint density at radius 3 is 2.56 bits per heavy atom. The standard InChI is InChI=1S/C11H19N3O2/c1-3-5-7-14(8-10(13)15)11(16)9(12)6-4-2/h2,9H,3,5-8,12H2,1H3,(H2,13,15). The molecular weight excluding hydrogens is 206 g/mol. The summed E-state index contributed by atoms with van der Waals surface area (Å²) in [5, 5.41) is 0. The Hall–Kier alpha value is -1.54. The maximum Gasteiger partial charge on any atom is 0.240 e. The van der Waals surface area contributed by atoms with Crippen molar-refractivity contribution < 1.29 is 9.59 Å². The molecule has 0 spiro atoms. The molecular formula is C11H19N3O2. The van der Waals surface area contributed by atoms with Gasteiger partial charge in [0.15, 0.2) is 0 Å². The Labute approximate surface area is 96.2 Å². The van der Waals surface area contributed by atoms with Gasteiger partial charge in [-0.2, -0.15) is 0 Å². The maximum absolute atomic E-state index is 11.8. The number of primary amides is 1. The highest BCUT2D eigenvalue weighted by Crippen LogP contribution is 2.00. The molecule has 0 aliphatic heterocycles. The normalized spacial score (nSPS) is 11.6. The molecule has 0 saturated carbocycles. The van der Waals surface area contributed by atoms with Gasteiger partial charge < -0.3 is 16.4 Å². The third-order valence-corrected chi connectivity index (χ3v) is 2.09. The second kappa shape index (κ2) is 7.71. The van der Waals surface area contributed by atoms with Crippen LogP contribution >= 0.6 is 0 Å². The molecule has 0 rings (SSSR count). The summed E-state index contributed by atoms with van der Waals surface area (Å²) in [6.45, 7) is 2.38. The van der Waals surface area contributed by atoms with E-state index in [0.29, 0.717) is 6.54 Å². The molecule has 0 saturated heterocycles. The zero-order chi connectivity index (χ0) is 12.6.